The number of urea groups is 1. The van der Waals surface area contributed by atoms with Crippen molar-refractivity contribution in [1.29, 1.82) is 0 Å². The maximum absolute atomic E-state index is 12.3. The fourth-order valence-electron chi connectivity index (χ4n) is 3.32. The summed E-state index contributed by atoms with van der Waals surface area (Å²) in [7, 11) is 1.53. The van der Waals surface area contributed by atoms with Crippen LogP contribution in [-0.2, 0) is 4.79 Å². The Morgan fingerprint density at radius 1 is 1.13 bits per heavy atom. The molecule has 0 spiro atoms. The highest BCUT2D eigenvalue weighted by Crippen LogP contribution is 2.27. The van der Waals surface area contributed by atoms with Crippen molar-refractivity contribution in [3.05, 3.63) is 53.6 Å². The van der Waals surface area contributed by atoms with Gasteiger partial charge in [0.15, 0.2) is 6.61 Å². The lowest BCUT2D eigenvalue weighted by Gasteiger charge is -2.32. The lowest BCUT2D eigenvalue weighted by molar-refractivity contribution is -0.134. The minimum absolute atomic E-state index is 0.0175. The summed E-state index contributed by atoms with van der Waals surface area (Å²) in [6.07, 6.45) is 1.66. The van der Waals surface area contributed by atoms with E-state index in [4.69, 9.17) is 21.1 Å². The molecule has 1 heterocycles. The maximum Gasteiger partial charge on any atom is 0.319 e. The van der Waals surface area contributed by atoms with Crippen LogP contribution in [0.15, 0.2) is 48.5 Å². The van der Waals surface area contributed by atoms with E-state index in [1.165, 1.54) is 7.11 Å². The fraction of sp³-hybridized carbons (Fsp3) is 0.364. The summed E-state index contributed by atoms with van der Waals surface area (Å²) in [6.45, 7) is 1.90. The number of likely N-dealkylation sites (tertiary alicyclic amines) is 1. The Balaban J connectivity index is 1.38. The number of piperidine rings is 1. The monoisotopic (exact) mass is 431 g/mol. The number of carbonyl (C=O) groups excluding carboxylic acids is 2. The third-order valence-corrected chi connectivity index (χ3v) is 5.27. The Bertz CT molecular complexity index is 855. The molecule has 0 radical (unpaired) electrons. The Hall–Kier alpha value is -2.93. The molecule has 3 rings (SSSR count). The molecular weight excluding hydrogens is 406 g/mol. The summed E-state index contributed by atoms with van der Waals surface area (Å²) in [5.74, 6) is 1.53. The Labute approximate surface area is 181 Å². The zero-order valence-corrected chi connectivity index (χ0v) is 17.7. The van der Waals surface area contributed by atoms with Crippen molar-refractivity contribution >= 4 is 29.2 Å². The molecule has 0 bridgehead atoms. The van der Waals surface area contributed by atoms with Crippen LogP contribution in [0.1, 0.15) is 12.8 Å². The number of nitrogens with one attached hydrogen (secondary N) is 2. The number of halogens is 1. The molecule has 0 saturated carbocycles. The zero-order valence-electron chi connectivity index (χ0n) is 16.9. The van der Waals surface area contributed by atoms with Crippen LogP contribution in [-0.4, -0.2) is 50.2 Å². The number of carbonyl (C=O) groups is 2. The average Bonchev–Trinajstić information content (AvgIpc) is 2.77. The van der Waals surface area contributed by atoms with E-state index in [9.17, 15) is 9.59 Å². The number of hydrogen-bond donors (Lipinski definition) is 2. The Morgan fingerprint density at radius 3 is 2.57 bits per heavy atom. The minimum atomic E-state index is -0.315. The molecule has 1 fully saturated rings. The maximum atomic E-state index is 12.3. The number of ether oxygens (including phenoxy) is 2. The molecule has 3 amide bonds. The predicted molar refractivity (Wildman–Crippen MR) is 116 cm³/mol. The summed E-state index contributed by atoms with van der Waals surface area (Å²) < 4.78 is 10.8. The van der Waals surface area contributed by atoms with Crippen molar-refractivity contribution in [3.8, 4) is 11.5 Å². The van der Waals surface area contributed by atoms with Crippen LogP contribution in [0.25, 0.3) is 0 Å². The number of amides is 3. The van der Waals surface area contributed by atoms with E-state index in [-0.39, 0.29) is 18.5 Å². The first-order valence-electron chi connectivity index (χ1n) is 9.89. The number of rotatable bonds is 7. The number of anilines is 1. The van der Waals surface area contributed by atoms with Gasteiger partial charge in [0, 0.05) is 24.7 Å². The Morgan fingerprint density at radius 2 is 1.87 bits per heavy atom. The van der Waals surface area contributed by atoms with Gasteiger partial charge in [-0.1, -0.05) is 29.8 Å². The van der Waals surface area contributed by atoms with Gasteiger partial charge in [0.05, 0.1) is 12.8 Å². The molecule has 160 valence electrons. The van der Waals surface area contributed by atoms with Crippen LogP contribution in [0.2, 0.25) is 5.02 Å². The van der Waals surface area contributed by atoms with Crippen LogP contribution in [0, 0.1) is 5.92 Å². The first-order chi connectivity index (χ1) is 14.5. The van der Waals surface area contributed by atoms with E-state index < -0.39 is 0 Å². The summed E-state index contributed by atoms with van der Waals surface area (Å²) in [4.78, 5) is 26.4. The molecule has 0 aliphatic carbocycles. The van der Waals surface area contributed by atoms with E-state index in [0.717, 1.165) is 12.8 Å². The van der Waals surface area contributed by atoms with Crippen molar-refractivity contribution < 1.29 is 19.1 Å². The molecule has 0 aromatic heterocycles. The molecule has 8 heteroatoms. The lowest BCUT2D eigenvalue weighted by Crippen LogP contribution is -2.43. The van der Waals surface area contributed by atoms with Crippen LogP contribution in [0.5, 0.6) is 11.5 Å². The summed E-state index contributed by atoms with van der Waals surface area (Å²) >= 11 is 5.98. The number of hydrogen-bond acceptors (Lipinski definition) is 4. The van der Waals surface area contributed by atoms with E-state index in [1.54, 1.807) is 18.2 Å². The summed E-state index contributed by atoms with van der Waals surface area (Å²) in [5.41, 5.74) is 0.515. The SMILES string of the molecule is COc1ccc(Cl)cc1NC(=O)NCC1CCN(C(=O)COc2ccccc2)CC1. The minimum Gasteiger partial charge on any atom is -0.495 e. The third-order valence-electron chi connectivity index (χ3n) is 5.03. The predicted octanol–water partition coefficient (Wildman–Crippen LogP) is 3.79. The highest BCUT2D eigenvalue weighted by Gasteiger charge is 2.23. The lowest BCUT2D eigenvalue weighted by atomic mass is 9.97. The van der Waals surface area contributed by atoms with Crippen molar-refractivity contribution in [2.75, 3.05) is 38.7 Å². The standard InChI is InChI=1S/C22H26ClN3O4/c1-29-20-8-7-17(23)13-19(20)25-22(28)24-14-16-9-11-26(12-10-16)21(27)15-30-18-5-3-2-4-6-18/h2-8,13,16H,9-12,14-15H2,1H3,(H2,24,25,28). The van der Waals surface area contributed by atoms with Crippen molar-refractivity contribution in [2.24, 2.45) is 5.92 Å². The molecule has 1 aliphatic heterocycles. The van der Waals surface area contributed by atoms with Gasteiger partial charge >= 0.3 is 6.03 Å². The highest BCUT2D eigenvalue weighted by atomic mass is 35.5. The van der Waals surface area contributed by atoms with Crippen LogP contribution in [0.3, 0.4) is 0 Å². The van der Waals surface area contributed by atoms with E-state index in [0.29, 0.717) is 47.8 Å². The highest BCUT2D eigenvalue weighted by molar-refractivity contribution is 6.31. The summed E-state index contributed by atoms with van der Waals surface area (Å²) in [5, 5.41) is 6.16. The Kier molecular flexibility index (Phi) is 7.79. The van der Waals surface area contributed by atoms with Gasteiger partial charge in [0.25, 0.3) is 5.91 Å². The molecular formula is C22H26ClN3O4. The van der Waals surface area contributed by atoms with Gasteiger partial charge in [0.2, 0.25) is 0 Å². The molecule has 2 N–H and O–H groups in total. The van der Waals surface area contributed by atoms with E-state index in [1.807, 2.05) is 35.2 Å². The molecule has 0 atom stereocenters. The second kappa shape index (κ2) is 10.7. The molecule has 0 unspecified atom stereocenters. The van der Waals surface area contributed by atoms with Gasteiger partial charge in [-0.3, -0.25) is 4.79 Å². The molecule has 30 heavy (non-hydrogen) atoms. The number of nitrogens with zero attached hydrogens (tertiary/aromatic N) is 1. The molecule has 2 aromatic carbocycles. The van der Waals surface area contributed by atoms with Gasteiger partial charge in [-0.05, 0) is 49.1 Å². The van der Waals surface area contributed by atoms with Crippen LogP contribution in [0.4, 0.5) is 10.5 Å². The normalized spacial score (nSPS) is 14.1. The summed E-state index contributed by atoms with van der Waals surface area (Å²) in [6, 6.07) is 14.0. The number of benzene rings is 2. The number of methoxy groups -OCH3 is 1. The second-order valence-corrected chi connectivity index (χ2v) is 7.54. The van der Waals surface area contributed by atoms with Crippen molar-refractivity contribution in [3.63, 3.8) is 0 Å². The second-order valence-electron chi connectivity index (χ2n) is 7.11. The van der Waals surface area contributed by atoms with Gasteiger partial charge < -0.3 is 25.0 Å². The van der Waals surface area contributed by atoms with Crippen molar-refractivity contribution in [2.45, 2.75) is 12.8 Å². The van der Waals surface area contributed by atoms with E-state index >= 15 is 0 Å². The van der Waals surface area contributed by atoms with Gasteiger partial charge in [-0.15, -0.1) is 0 Å². The third kappa shape index (κ3) is 6.29. The average molecular weight is 432 g/mol. The van der Waals surface area contributed by atoms with Gasteiger partial charge in [-0.2, -0.15) is 0 Å². The topological polar surface area (TPSA) is 79.9 Å². The quantitative estimate of drug-likeness (QED) is 0.699. The zero-order chi connectivity index (χ0) is 21.3. The first kappa shape index (κ1) is 21.8. The van der Waals surface area contributed by atoms with Gasteiger partial charge in [-0.25, -0.2) is 4.79 Å². The molecule has 1 saturated heterocycles. The van der Waals surface area contributed by atoms with Crippen LogP contribution < -0.4 is 20.1 Å². The number of para-hydroxylation sites is 1. The molecule has 7 nitrogen and oxygen atoms in total. The smallest absolute Gasteiger partial charge is 0.319 e. The van der Waals surface area contributed by atoms with E-state index in [2.05, 4.69) is 10.6 Å². The fourth-order valence-corrected chi connectivity index (χ4v) is 3.49. The molecule has 2 aromatic rings. The van der Waals surface area contributed by atoms with Crippen molar-refractivity contribution in [1.82, 2.24) is 10.2 Å². The first-order valence-corrected chi connectivity index (χ1v) is 10.3. The molecule has 1 aliphatic rings. The van der Waals surface area contributed by atoms with Crippen LogP contribution >= 0.6 is 11.6 Å². The van der Waals surface area contributed by atoms with Gasteiger partial charge in [0.1, 0.15) is 11.5 Å². The largest absolute Gasteiger partial charge is 0.495 e.